The van der Waals surface area contributed by atoms with E-state index in [9.17, 15) is 18.7 Å². The van der Waals surface area contributed by atoms with Gasteiger partial charge in [-0.05, 0) is 67.3 Å². The highest BCUT2D eigenvalue weighted by molar-refractivity contribution is 6.06. The van der Waals surface area contributed by atoms with E-state index in [-0.39, 0.29) is 6.10 Å². The van der Waals surface area contributed by atoms with Gasteiger partial charge in [-0.15, -0.1) is 0 Å². The Hall–Kier alpha value is -3.59. The first-order valence-corrected chi connectivity index (χ1v) is 11.6. The highest BCUT2D eigenvalue weighted by Gasteiger charge is 2.44. The fraction of sp³-hybridized carbons (Fsp3) is 0.346. The van der Waals surface area contributed by atoms with E-state index < -0.39 is 29.1 Å². The number of pyridine rings is 1. The average molecular weight is 479 g/mol. The van der Waals surface area contributed by atoms with Crippen molar-refractivity contribution in [3.05, 3.63) is 53.9 Å². The molecule has 35 heavy (non-hydrogen) atoms. The van der Waals surface area contributed by atoms with Crippen molar-refractivity contribution in [1.29, 1.82) is 0 Å². The molecule has 2 aliphatic rings. The molecule has 2 aromatic heterocycles. The summed E-state index contributed by atoms with van der Waals surface area (Å²) in [5.41, 5.74) is 1.85. The average Bonchev–Trinajstić information content (AvgIpc) is 3.23. The van der Waals surface area contributed by atoms with Crippen molar-refractivity contribution in [2.45, 2.75) is 43.8 Å². The number of nitrogens with zero attached hydrogens (tertiary/aromatic N) is 2. The number of aliphatic carboxylic acids is 1. The normalized spacial score (nSPS) is 21.0. The zero-order chi connectivity index (χ0) is 24.3. The standard InChI is InChI=1S/C26H23F2N3O4/c1-34-26(5-2-6-26)23-22(13-3-4-19(27)20(28)10-13)17-9-15-12-29-31-21(15)11-18(17)24(30-23)35-16-7-14(8-16)25(32)33/h3-4,9-12,14,16H,2,5-8H2,1H3,(H,29,31)(H,32,33)/t14-,16-. The number of aromatic amines is 1. The maximum atomic E-state index is 14.4. The van der Waals surface area contributed by atoms with Crippen LogP contribution in [0.15, 0.2) is 36.5 Å². The Kier molecular flexibility index (Phi) is 5.00. The third-order valence-electron chi connectivity index (χ3n) is 7.44. The predicted molar refractivity (Wildman–Crippen MR) is 124 cm³/mol. The third kappa shape index (κ3) is 3.44. The Morgan fingerprint density at radius 2 is 1.94 bits per heavy atom. The summed E-state index contributed by atoms with van der Waals surface area (Å²) < 4.78 is 40.4. The summed E-state index contributed by atoms with van der Waals surface area (Å²) in [5, 5.41) is 18.6. The van der Waals surface area contributed by atoms with Gasteiger partial charge in [-0.2, -0.15) is 5.10 Å². The van der Waals surface area contributed by atoms with E-state index in [1.807, 2.05) is 12.1 Å². The molecule has 7 nitrogen and oxygen atoms in total. The molecule has 0 bridgehead atoms. The highest BCUT2D eigenvalue weighted by Crippen LogP contribution is 2.50. The first-order chi connectivity index (χ1) is 16.9. The molecule has 4 aromatic rings. The van der Waals surface area contributed by atoms with Gasteiger partial charge >= 0.3 is 5.97 Å². The number of carboxylic acids is 1. The van der Waals surface area contributed by atoms with Crippen LogP contribution in [0.4, 0.5) is 8.78 Å². The van der Waals surface area contributed by atoms with E-state index in [1.165, 1.54) is 6.07 Å². The minimum absolute atomic E-state index is 0.272. The second-order valence-electron chi connectivity index (χ2n) is 9.42. The summed E-state index contributed by atoms with van der Waals surface area (Å²) in [6.07, 6.45) is 4.65. The zero-order valence-electron chi connectivity index (χ0n) is 19.0. The number of H-pyrrole nitrogens is 1. The lowest BCUT2D eigenvalue weighted by molar-refractivity contribution is -0.148. The number of hydrogen-bond donors (Lipinski definition) is 2. The van der Waals surface area contributed by atoms with Gasteiger partial charge in [0.25, 0.3) is 0 Å². The predicted octanol–water partition coefficient (Wildman–Crippen LogP) is 5.32. The molecule has 0 unspecified atom stereocenters. The molecule has 6 rings (SSSR count). The van der Waals surface area contributed by atoms with E-state index in [4.69, 9.17) is 14.5 Å². The minimum Gasteiger partial charge on any atom is -0.481 e. The van der Waals surface area contributed by atoms with Crippen molar-refractivity contribution in [2.24, 2.45) is 5.92 Å². The van der Waals surface area contributed by atoms with Gasteiger partial charge in [-0.3, -0.25) is 9.89 Å². The van der Waals surface area contributed by atoms with Crippen LogP contribution in [0.2, 0.25) is 0 Å². The van der Waals surface area contributed by atoms with Gasteiger partial charge < -0.3 is 14.6 Å². The quantitative estimate of drug-likeness (QED) is 0.388. The van der Waals surface area contributed by atoms with Crippen LogP contribution in [0.5, 0.6) is 5.88 Å². The van der Waals surface area contributed by atoms with Crippen LogP contribution in [0.3, 0.4) is 0 Å². The lowest BCUT2D eigenvalue weighted by Gasteiger charge is -2.41. The molecule has 0 amide bonds. The van der Waals surface area contributed by atoms with Crippen molar-refractivity contribution >= 4 is 27.6 Å². The van der Waals surface area contributed by atoms with Gasteiger partial charge in [0.15, 0.2) is 11.6 Å². The Morgan fingerprint density at radius 1 is 1.14 bits per heavy atom. The number of halogens is 2. The van der Waals surface area contributed by atoms with Gasteiger partial charge in [0, 0.05) is 23.4 Å². The number of methoxy groups -OCH3 is 1. The molecule has 0 spiro atoms. The second kappa shape index (κ2) is 7.98. The first kappa shape index (κ1) is 21.9. The maximum Gasteiger partial charge on any atom is 0.306 e. The molecular formula is C26H23F2N3O4. The molecule has 0 saturated heterocycles. The second-order valence-corrected chi connectivity index (χ2v) is 9.42. The molecular weight excluding hydrogens is 456 g/mol. The Morgan fingerprint density at radius 3 is 2.60 bits per heavy atom. The monoisotopic (exact) mass is 479 g/mol. The summed E-state index contributed by atoms with van der Waals surface area (Å²) in [4.78, 5) is 16.2. The summed E-state index contributed by atoms with van der Waals surface area (Å²) in [6.45, 7) is 0. The van der Waals surface area contributed by atoms with Crippen molar-refractivity contribution < 1.29 is 28.2 Å². The molecule has 2 saturated carbocycles. The summed E-state index contributed by atoms with van der Waals surface area (Å²) in [7, 11) is 1.63. The SMILES string of the molecule is COC1(c2nc(O[C@H]3C[C@H](C(=O)O)C3)c3cc4[nH]ncc4cc3c2-c2ccc(F)c(F)c2)CCC1. The topological polar surface area (TPSA) is 97.3 Å². The van der Waals surface area contributed by atoms with Crippen molar-refractivity contribution in [3.8, 4) is 17.0 Å². The Bertz CT molecular complexity index is 1470. The van der Waals surface area contributed by atoms with Crippen LogP contribution in [0.25, 0.3) is 32.8 Å². The van der Waals surface area contributed by atoms with E-state index in [0.717, 1.165) is 41.6 Å². The van der Waals surface area contributed by atoms with E-state index >= 15 is 0 Å². The lowest BCUT2D eigenvalue weighted by Crippen LogP contribution is -2.39. The van der Waals surface area contributed by atoms with Gasteiger partial charge in [0.05, 0.1) is 23.3 Å². The molecule has 2 aliphatic carbocycles. The number of rotatable bonds is 6. The summed E-state index contributed by atoms with van der Waals surface area (Å²) >= 11 is 0. The summed E-state index contributed by atoms with van der Waals surface area (Å²) in [5.74, 6) is -2.75. The number of benzene rings is 2. The molecule has 0 atom stereocenters. The van der Waals surface area contributed by atoms with Crippen LogP contribution in [-0.2, 0) is 15.1 Å². The fourth-order valence-corrected chi connectivity index (χ4v) is 5.14. The zero-order valence-corrected chi connectivity index (χ0v) is 19.0. The minimum atomic E-state index is -0.944. The van der Waals surface area contributed by atoms with Crippen molar-refractivity contribution in [2.75, 3.05) is 7.11 Å². The van der Waals surface area contributed by atoms with Crippen LogP contribution >= 0.6 is 0 Å². The van der Waals surface area contributed by atoms with Gasteiger partial charge in [-0.1, -0.05) is 6.07 Å². The number of aromatic nitrogens is 3. The van der Waals surface area contributed by atoms with Crippen LogP contribution in [0.1, 0.15) is 37.8 Å². The van der Waals surface area contributed by atoms with E-state index in [1.54, 1.807) is 19.4 Å². The van der Waals surface area contributed by atoms with E-state index in [2.05, 4.69) is 10.2 Å². The third-order valence-corrected chi connectivity index (χ3v) is 7.44. The van der Waals surface area contributed by atoms with Crippen molar-refractivity contribution in [3.63, 3.8) is 0 Å². The molecule has 0 aliphatic heterocycles. The van der Waals surface area contributed by atoms with Crippen molar-refractivity contribution in [1.82, 2.24) is 15.2 Å². The number of fused-ring (bicyclic) bond motifs is 2. The maximum absolute atomic E-state index is 14.4. The van der Waals surface area contributed by atoms with Gasteiger partial charge in [0.1, 0.15) is 11.7 Å². The Balaban J connectivity index is 1.61. The van der Waals surface area contributed by atoms with Crippen LogP contribution in [-0.4, -0.2) is 39.5 Å². The number of hydrogen-bond acceptors (Lipinski definition) is 5. The fourth-order valence-electron chi connectivity index (χ4n) is 5.14. The molecule has 2 aromatic carbocycles. The number of carboxylic acid groups (broad SMARTS) is 1. The number of carbonyl (C=O) groups is 1. The van der Waals surface area contributed by atoms with Crippen LogP contribution < -0.4 is 4.74 Å². The molecule has 180 valence electrons. The number of nitrogens with one attached hydrogen (secondary N) is 1. The van der Waals surface area contributed by atoms with Gasteiger partial charge in [0.2, 0.25) is 5.88 Å². The lowest BCUT2D eigenvalue weighted by atomic mass is 9.74. The first-order valence-electron chi connectivity index (χ1n) is 11.6. The van der Waals surface area contributed by atoms with E-state index in [0.29, 0.717) is 40.9 Å². The molecule has 2 fully saturated rings. The van der Waals surface area contributed by atoms with Gasteiger partial charge in [-0.25, -0.2) is 13.8 Å². The molecule has 0 radical (unpaired) electrons. The largest absolute Gasteiger partial charge is 0.481 e. The molecule has 2 N–H and O–H groups in total. The summed E-state index contributed by atoms with van der Waals surface area (Å²) in [6, 6.07) is 7.65. The highest BCUT2D eigenvalue weighted by atomic mass is 19.2. The molecule has 9 heteroatoms. The van der Waals surface area contributed by atoms with Crippen LogP contribution in [0, 0.1) is 17.6 Å². The molecule has 2 heterocycles. The number of ether oxygens (including phenoxy) is 2. The Labute approximate surface area is 199 Å². The smallest absolute Gasteiger partial charge is 0.306 e.